The number of aliphatic hydroxyl groups is 3. The number of esters is 1. The van der Waals surface area contributed by atoms with E-state index in [0.717, 1.165) is 0 Å². The second-order valence-corrected chi connectivity index (χ2v) is 6.74. The van der Waals surface area contributed by atoms with E-state index in [9.17, 15) is 25.2 Å². The summed E-state index contributed by atoms with van der Waals surface area (Å²) in [6.07, 6.45) is -3.43. The minimum atomic E-state index is -2.31. The van der Waals surface area contributed by atoms with Gasteiger partial charge in [0.25, 0.3) is 5.79 Å². The third-order valence-electron chi connectivity index (χ3n) is 5.50. The van der Waals surface area contributed by atoms with E-state index < -0.39 is 48.2 Å². The van der Waals surface area contributed by atoms with Crippen LogP contribution in [0.4, 0.5) is 0 Å². The highest BCUT2D eigenvalue weighted by atomic mass is 16.8. The maximum atomic E-state index is 12.4. The van der Waals surface area contributed by atoms with Gasteiger partial charge in [-0.1, -0.05) is 0 Å². The van der Waals surface area contributed by atoms with Crippen LogP contribution in [0.2, 0.25) is 0 Å². The molecule has 3 aliphatic rings. The summed E-state index contributed by atoms with van der Waals surface area (Å²) < 4.78 is 26.8. The molecule has 3 heterocycles. The number of phenolic OH excluding ortho intramolecular Hbond substituents is 1. The van der Waals surface area contributed by atoms with Crippen molar-refractivity contribution in [1.82, 2.24) is 0 Å². The normalized spacial score (nSPS) is 39.8. The number of aromatic hydroxyl groups is 1. The van der Waals surface area contributed by atoms with Gasteiger partial charge < -0.3 is 44.1 Å². The number of methoxy groups -OCH3 is 2. The maximum Gasteiger partial charge on any atom is 0.345 e. The summed E-state index contributed by atoms with van der Waals surface area (Å²) in [4.78, 5) is 12.4. The summed E-state index contributed by atoms with van der Waals surface area (Å²) in [5.74, 6) is -4.20. The minimum Gasteiger partial charge on any atom is -0.502 e. The topological polar surface area (TPSA) is 144 Å². The molecule has 0 radical (unpaired) electrons. The van der Waals surface area contributed by atoms with Crippen LogP contribution < -0.4 is 9.47 Å². The van der Waals surface area contributed by atoms with Crippen molar-refractivity contribution in [2.24, 2.45) is 5.92 Å². The van der Waals surface area contributed by atoms with Crippen molar-refractivity contribution >= 4 is 5.97 Å². The Kier molecular flexibility index (Phi) is 4.02. The lowest BCUT2D eigenvalue weighted by Gasteiger charge is -2.30. The largest absolute Gasteiger partial charge is 0.502 e. The zero-order chi connectivity index (χ0) is 19.6. The zero-order valence-electron chi connectivity index (χ0n) is 14.6. The summed E-state index contributed by atoms with van der Waals surface area (Å²) in [6, 6.07) is 2.88. The summed E-state index contributed by atoms with van der Waals surface area (Å²) in [5, 5.41) is 41.3. The molecule has 3 saturated heterocycles. The summed E-state index contributed by atoms with van der Waals surface area (Å²) in [6.45, 7) is -0.830. The molecule has 10 heteroatoms. The number of rotatable bonds is 4. The van der Waals surface area contributed by atoms with Crippen LogP contribution in [0.15, 0.2) is 12.1 Å². The first kappa shape index (κ1) is 18.3. The lowest BCUT2D eigenvalue weighted by molar-refractivity contribution is -0.260. The van der Waals surface area contributed by atoms with E-state index in [1.165, 1.54) is 26.4 Å². The third kappa shape index (κ3) is 2.10. The maximum absolute atomic E-state index is 12.4. The van der Waals surface area contributed by atoms with Crippen molar-refractivity contribution in [2.45, 2.75) is 29.7 Å². The fourth-order valence-corrected chi connectivity index (χ4v) is 4.16. The molecule has 4 rings (SSSR count). The fraction of sp³-hybridized carbons (Fsp3) is 0.588. The van der Waals surface area contributed by atoms with Crippen LogP contribution in [-0.2, 0) is 19.0 Å². The molecular formula is C17H20O10. The molecule has 0 saturated carbocycles. The van der Waals surface area contributed by atoms with Crippen molar-refractivity contribution in [3.8, 4) is 17.2 Å². The SMILES string of the molecule is COc1cc([C@@H]2O[C@@]34OC[C@@H](O)[C@@H]3OC(=O)[C@@]4(O)[C@@H]2CO)cc(OC)c1O. The van der Waals surface area contributed by atoms with E-state index in [2.05, 4.69) is 0 Å². The smallest absolute Gasteiger partial charge is 0.345 e. The first-order valence-corrected chi connectivity index (χ1v) is 8.33. The molecule has 3 aliphatic heterocycles. The molecular weight excluding hydrogens is 364 g/mol. The number of hydrogen-bond donors (Lipinski definition) is 4. The lowest BCUT2D eigenvalue weighted by Crippen LogP contribution is -2.58. The van der Waals surface area contributed by atoms with Crippen LogP contribution in [0, 0.1) is 5.92 Å². The van der Waals surface area contributed by atoms with Gasteiger partial charge in [-0.2, -0.15) is 0 Å². The third-order valence-corrected chi connectivity index (χ3v) is 5.50. The van der Waals surface area contributed by atoms with Crippen molar-refractivity contribution < 1.29 is 48.9 Å². The zero-order valence-corrected chi connectivity index (χ0v) is 14.6. The van der Waals surface area contributed by atoms with Crippen LogP contribution in [0.1, 0.15) is 11.7 Å². The van der Waals surface area contributed by atoms with Crippen molar-refractivity contribution in [3.63, 3.8) is 0 Å². The van der Waals surface area contributed by atoms with E-state index in [-0.39, 0.29) is 23.9 Å². The summed E-state index contributed by atoms with van der Waals surface area (Å²) >= 11 is 0. The van der Waals surface area contributed by atoms with Gasteiger partial charge in [0.2, 0.25) is 11.4 Å². The minimum absolute atomic E-state index is 0.0812. The van der Waals surface area contributed by atoms with Gasteiger partial charge in [-0.3, -0.25) is 0 Å². The number of carbonyl (C=O) groups is 1. The van der Waals surface area contributed by atoms with Crippen LogP contribution >= 0.6 is 0 Å². The first-order valence-electron chi connectivity index (χ1n) is 8.33. The molecule has 0 aromatic heterocycles. The predicted octanol–water partition coefficient (Wildman–Crippen LogP) is -1.17. The quantitative estimate of drug-likeness (QED) is 0.469. The molecule has 4 N–H and O–H groups in total. The van der Waals surface area contributed by atoms with Gasteiger partial charge in [-0.25, -0.2) is 4.79 Å². The fourth-order valence-electron chi connectivity index (χ4n) is 4.16. The number of carbonyl (C=O) groups excluding carboxylic acids is 1. The Morgan fingerprint density at radius 1 is 1.26 bits per heavy atom. The molecule has 0 bridgehead atoms. The van der Waals surface area contributed by atoms with Crippen LogP contribution in [0.25, 0.3) is 0 Å². The van der Waals surface area contributed by atoms with Crippen LogP contribution in [0.5, 0.6) is 17.2 Å². The van der Waals surface area contributed by atoms with Gasteiger partial charge in [-0.05, 0) is 17.7 Å². The summed E-state index contributed by atoms with van der Waals surface area (Å²) in [7, 11) is 2.70. The molecule has 3 fully saturated rings. The van der Waals surface area contributed by atoms with Crippen LogP contribution in [-0.4, -0.2) is 77.4 Å². The second kappa shape index (κ2) is 5.94. The second-order valence-electron chi connectivity index (χ2n) is 6.74. The number of hydrogen-bond acceptors (Lipinski definition) is 10. The van der Waals surface area contributed by atoms with Crippen LogP contribution in [0.3, 0.4) is 0 Å². The van der Waals surface area contributed by atoms with E-state index in [4.69, 9.17) is 23.7 Å². The van der Waals surface area contributed by atoms with E-state index in [1.54, 1.807) is 0 Å². The van der Waals surface area contributed by atoms with Gasteiger partial charge in [0.05, 0.1) is 39.5 Å². The highest BCUT2D eigenvalue weighted by Crippen LogP contribution is 2.60. The Bertz CT molecular complexity index is 756. The van der Waals surface area contributed by atoms with Gasteiger partial charge in [-0.15, -0.1) is 0 Å². The highest BCUT2D eigenvalue weighted by Gasteiger charge is 2.82. The van der Waals surface area contributed by atoms with Gasteiger partial charge in [0.15, 0.2) is 17.6 Å². The molecule has 0 aliphatic carbocycles. The lowest BCUT2D eigenvalue weighted by atomic mass is 9.79. The summed E-state index contributed by atoms with van der Waals surface area (Å²) in [5.41, 5.74) is -1.94. The highest BCUT2D eigenvalue weighted by molar-refractivity contribution is 5.85. The van der Waals surface area contributed by atoms with Crippen molar-refractivity contribution in [1.29, 1.82) is 0 Å². The Balaban J connectivity index is 1.83. The standard InChI is InChI=1S/C17H20O10/c1-23-10-3-7(4-11(24-2)12(10)20)13-8(5-18)16(22)15(21)26-14-9(19)6-25-17(14,16)27-13/h3-4,8-9,13-14,18-20,22H,5-6H2,1-2H3/t8-,9-,13+,14+,16+,17+/m1/s1. The molecule has 27 heavy (non-hydrogen) atoms. The molecule has 1 aromatic carbocycles. The molecule has 0 amide bonds. The average Bonchev–Trinajstić information content (AvgIpc) is 3.19. The number of aliphatic hydroxyl groups excluding tert-OH is 2. The molecule has 10 nitrogen and oxygen atoms in total. The first-order chi connectivity index (χ1) is 12.8. The Labute approximate surface area is 153 Å². The predicted molar refractivity (Wildman–Crippen MR) is 85.1 cm³/mol. The van der Waals surface area contributed by atoms with Gasteiger partial charge >= 0.3 is 5.97 Å². The van der Waals surface area contributed by atoms with Crippen molar-refractivity contribution in [2.75, 3.05) is 27.4 Å². The van der Waals surface area contributed by atoms with Gasteiger partial charge in [0, 0.05) is 0 Å². The van der Waals surface area contributed by atoms with E-state index >= 15 is 0 Å². The number of ether oxygens (including phenoxy) is 5. The monoisotopic (exact) mass is 384 g/mol. The molecule has 1 spiro atoms. The molecule has 148 valence electrons. The Hall–Kier alpha value is -2.11. The molecule has 1 aromatic rings. The van der Waals surface area contributed by atoms with Crippen molar-refractivity contribution in [3.05, 3.63) is 17.7 Å². The number of benzene rings is 1. The number of phenols is 1. The van der Waals surface area contributed by atoms with E-state index in [1.807, 2.05) is 0 Å². The Morgan fingerprint density at radius 3 is 2.44 bits per heavy atom. The molecule has 6 atom stereocenters. The van der Waals surface area contributed by atoms with Gasteiger partial charge in [0.1, 0.15) is 6.10 Å². The Morgan fingerprint density at radius 2 is 1.89 bits per heavy atom. The van der Waals surface area contributed by atoms with E-state index in [0.29, 0.717) is 5.56 Å². The average molecular weight is 384 g/mol. The molecule has 0 unspecified atom stereocenters.